The lowest BCUT2D eigenvalue weighted by Gasteiger charge is -2.05. The second-order valence-corrected chi connectivity index (χ2v) is 5.13. The Bertz CT molecular complexity index is 620. The summed E-state index contributed by atoms with van der Waals surface area (Å²) in [4.78, 5) is 23.6. The number of anilines is 1. The van der Waals surface area contributed by atoms with Crippen LogP contribution in [0.2, 0.25) is 0 Å². The van der Waals surface area contributed by atoms with Crippen LogP contribution in [-0.4, -0.2) is 26.6 Å². The van der Waals surface area contributed by atoms with Crippen molar-refractivity contribution in [3.05, 3.63) is 41.7 Å². The van der Waals surface area contributed by atoms with Gasteiger partial charge in [-0.3, -0.25) is 9.59 Å². The molecule has 20 heavy (non-hydrogen) atoms. The zero-order chi connectivity index (χ0) is 13.9. The van der Waals surface area contributed by atoms with Gasteiger partial charge in [0, 0.05) is 17.3 Å². The lowest BCUT2D eigenvalue weighted by atomic mass is 10.2. The number of nitrogens with one attached hydrogen (secondary N) is 2. The fraction of sp³-hybridized carbons (Fsp3) is 0.231. The smallest absolute Gasteiger partial charge is 0.277 e. The van der Waals surface area contributed by atoms with E-state index in [2.05, 4.69) is 19.4 Å². The second kappa shape index (κ2) is 5.38. The van der Waals surface area contributed by atoms with Gasteiger partial charge in [-0.2, -0.15) is 8.75 Å². The average Bonchev–Trinajstić information content (AvgIpc) is 3.08. The molecule has 1 aromatic carbocycles. The van der Waals surface area contributed by atoms with Crippen molar-refractivity contribution in [1.82, 2.24) is 14.1 Å². The van der Waals surface area contributed by atoms with Crippen LogP contribution < -0.4 is 10.6 Å². The molecule has 0 radical (unpaired) electrons. The van der Waals surface area contributed by atoms with Crippen LogP contribution in [0, 0.1) is 0 Å². The predicted molar refractivity (Wildman–Crippen MR) is 74.8 cm³/mol. The maximum Gasteiger partial charge on any atom is 0.277 e. The number of rotatable bonds is 4. The van der Waals surface area contributed by atoms with Crippen molar-refractivity contribution in [2.75, 3.05) is 5.32 Å². The lowest BCUT2D eigenvalue weighted by Crippen LogP contribution is -2.25. The monoisotopic (exact) mass is 288 g/mol. The van der Waals surface area contributed by atoms with Crippen molar-refractivity contribution in [2.45, 2.75) is 18.9 Å². The summed E-state index contributed by atoms with van der Waals surface area (Å²) in [6, 6.07) is 7.09. The molecule has 2 amide bonds. The highest BCUT2D eigenvalue weighted by molar-refractivity contribution is 6.99. The molecule has 6 nitrogen and oxygen atoms in total. The molecule has 0 unspecified atom stereocenters. The van der Waals surface area contributed by atoms with E-state index in [0.29, 0.717) is 17.3 Å². The van der Waals surface area contributed by atoms with Crippen molar-refractivity contribution in [1.29, 1.82) is 0 Å². The Morgan fingerprint density at radius 3 is 2.50 bits per heavy atom. The number of carbonyl (C=O) groups excluding carboxylic acids is 2. The minimum atomic E-state index is -0.311. The van der Waals surface area contributed by atoms with Crippen LogP contribution >= 0.6 is 11.7 Å². The fourth-order valence-corrected chi connectivity index (χ4v) is 2.07. The maximum absolute atomic E-state index is 11.8. The minimum Gasteiger partial charge on any atom is -0.349 e. The number of hydrogen-bond donors (Lipinski definition) is 2. The van der Waals surface area contributed by atoms with E-state index in [1.54, 1.807) is 24.3 Å². The number of nitrogens with zero attached hydrogens (tertiary/aromatic N) is 2. The van der Waals surface area contributed by atoms with Gasteiger partial charge in [0.1, 0.15) is 0 Å². The van der Waals surface area contributed by atoms with E-state index in [0.717, 1.165) is 24.6 Å². The molecule has 1 fully saturated rings. The van der Waals surface area contributed by atoms with Crippen LogP contribution in [0.1, 0.15) is 33.7 Å². The summed E-state index contributed by atoms with van der Waals surface area (Å²) in [6.07, 6.45) is 3.53. The first-order valence-corrected chi connectivity index (χ1v) is 6.95. The van der Waals surface area contributed by atoms with Gasteiger partial charge in [0.15, 0.2) is 5.69 Å². The van der Waals surface area contributed by atoms with Crippen LogP contribution in [0.25, 0.3) is 0 Å². The Balaban J connectivity index is 1.63. The van der Waals surface area contributed by atoms with Crippen molar-refractivity contribution >= 4 is 29.2 Å². The molecule has 0 aliphatic heterocycles. The SMILES string of the molecule is O=C(NC1CC1)c1ccc(NC(=O)c2cnsn2)cc1. The third-order valence-corrected chi connectivity index (χ3v) is 3.39. The molecular formula is C13H12N4O2S. The highest BCUT2D eigenvalue weighted by atomic mass is 32.1. The second-order valence-electron chi connectivity index (χ2n) is 4.57. The van der Waals surface area contributed by atoms with Gasteiger partial charge in [0.25, 0.3) is 11.8 Å². The van der Waals surface area contributed by atoms with E-state index in [9.17, 15) is 9.59 Å². The predicted octanol–water partition coefficient (Wildman–Crippen LogP) is 1.68. The molecule has 1 aromatic heterocycles. The summed E-state index contributed by atoms with van der Waals surface area (Å²) < 4.78 is 7.62. The normalized spacial score (nSPS) is 13.8. The first-order chi connectivity index (χ1) is 9.72. The topological polar surface area (TPSA) is 84.0 Å². The fourth-order valence-electron chi connectivity index (χ4n) is 1.66. The molecule has 1 aliphatic carbocycles. The summed E-state index contributed by atoms with van der Waals surface area (Å²) in [5.41, 5.74) is 1.49. The third-order valence-electron chi connectivity index (χ3n) is 2.91. The molecule has 0 spiro atoms. The number of benzene rings is 1. The molecule has 0 atom stereocenters. The summed E-state index contributed by atoms with van der Waals surface area (Å²) in [5, 5.41) is 5.61. The first-order valence-electron chi connectivity index (χ1n) is 6.22. The summed E-state index contributed by atoms with van der Waals surface area (Å²) in [7, 11) is 0. The average molecular weight is 288 g/mol. The zero-order valence-corrected chi connectivity index (χ0v) is 11.3. The zero-order valence-electron chi connectivity index (χ0n) is 10.5. The Hall–Kier alpha value is -2.28. The molecule has 0 bridgehead atoms. The molecule has 1 heterocycles. The largest absolute Gasteiger partial charge is 0.349 e. The van der Waals surface area contributed by atoms with Crippen LogP contribution in [0.15, 0.2) is 30.5 Å². The quantitative estimate of drug-likeness (QED) is 0.896. The van der Waals surface area contributed by atoms with Gasteiger partial charge < -0.3 is 10.6 Å². The number of aromatic nitrogens is 2. The van der Waals surface area contributed by atoms with Crippen molar-refractivity contribution in [3.8, 4) is 0 Å². The summed E-state index contributed by atoms with van der Waals surface area (Å²) >= 11 is 0.983. The van der Waals surface area contributed by atoms with E-state index in [1.165, 1.54) is 6.20 Å². The molecule has 102 valence electrons. The van der Waals surface area contributed by atoms with Gasteiger partial charge in [-0.05, 0) is 37.1 Å². The lowest BCUT2D eigenvalue weighted by molar-refractivity contribution is 0.0950. The van der Waals surface area contributed by atoms with Gasteiger partial charge >= 0.3 is 0 Å². The van der Waals surface area contributed by atoms with Crippen LogP contribution in [0.5, 0.6) is 0 Å². The Morgan fingerprint density at radius 1 is 1.15 bits per heavy atom. The van der Waals surface area contributed by atoms with Crippen molar-refractivity contribution < 1.29 is 9.59 Å². The van der Waals surface area contributed by atoms with Gasteiger partial charge in [0.05, 0.1) is 17.9 Å². The van der Waals surface area contributed by atoms with Gasteiger partial charge in [-0.1, -0.05) is 0 Å². The first kappa shape index (κ1) is 12.7. The summed E-state index contributed by atoms with van der Waals surface area (Å²) in [6.45, 7) is 0. The van der Waals surface area contributed by atoms with E-state index < -0.39 is 0 Å². The standard InChI is InChI=1S/C13H12N4O2S/c18-12(15-10-5-6-10)8-1-3-9(4-2-8)16-13(19)11-7-14-20-17-11/h1-4,7,10H,5-6H2,(H,15,18)(H,16,19). The Kier molecular flexibility index (Phi) is 3.42. The molecule has 2 aromatic rings. The molecular weight excluding hydrogens is 276 g/mol. The van der Waals surface area contributed by atoms with Gasteiger partial charge in [-0.25, -0.2) is 0 Å². The van der Waals surface area contributed by atoms with E-state index >= 15 is 0 Å². The van der Waals surface area contributed by atoms with E-state index in [1.807, 2.05) is 0 Å². The highest BCUT2D eigenvalue weighted by Crippen LogP contribution is 2.19. The van der Waals surface area contributed by atoms with Crippen LogP contribution in [0.4, 0.5) is 5.69 Å². The number of amides is 2. The van der Waals surface area contributed by atoms with Gasteiger partial charge in [0.2, 0.25) is 0 Å². The van der Waals surface area contributed by atoms with Crippen molar-refractivity contribution in [3.63, 3.8) is 0 Å². The van der Waals surface area contributed by atoms with Gasteiger partial charge in [-0.15, -0.1) is 0 Å². The summed E-state index contributed by atoms with van der Waals surface area (Å²) in [5.74, 6) is -0.386. The number of carbonyl (C=O) groups is 2. The molecule has 3 rings (SSSR count). The van der Waals surface area contributed by atoms with E-state index in [4.69, 9.17) is 0 Å². The maximum atomic E-state index is 11.8. The minimum absolute atomic E-state index is 0.0749. The molecule has 0 saturated heterocycles. The third kappa shape index (κ3) is 3.00. The van der Waals surface area contributed by atoms with Crippen LogP contribution in [-0.2, 0) is 0 Å². The van der Waals surface area contributed by atoms with Crippen molar-refractivity contribution in [2.24, 2.45) is 0 Å². The highest BCUT2D eigenvalue weighted by Gasteiger charge is 2.23. The van der Waals surface area contributed by atoms with Crippen LogP contribution in [0.3, 0.4) is 0 Å². The Labute approximate surface area is 119 Å². The molecule has 1 saturated carbocycles. The molecule has 1 aliphatic rings. The Morgan fingerprint density at radius 2 is 1.90 bits per heavy atom. The molecule has 2 N–H and O–H groups in total. The van der Waals surface area contributed by atoms with E-state index in [-0.39, 0.29) is 17.5 Å². The number of hydrogen-bond acceptors (Lipinski definition) is 5. The molecule has 7 heteroatoms.